The van der Waals surface area contributed by atoms with Crippen LogP contribution in [0.2, 0.25) is 0 Å². The number of hydrogen-bond donors (Lipinski definition) is 1. The molecule has 2 aliphatic heterocycles. The molecule has 0 saturated carbocycles. The minimum atomic E-state index is 0.293. The first-order chi connectivity index (χ1) is 9.56. The standard InChI is InChI=1S/C17H26N2O/c1-13(2)19-7-6-17(3,11-19)12-20-16-5-4-14-9-18-10-15(14)8-16/h4-5,8,13,18H,6-7,9-12H2,1-3H3. The van der Waals surface area contributed by atoms with Gasteiger partial charge in [0.1, 0.15) is 5.75 Å². The van der Waals surface area contributed by atoms with Crippen molar-refractivity contribution in [1.29, 1.82) is 0 Å². The van der Waals surface area contributed by atoms with Crippen molar-refractivity contribution in [3.8, 4) is 5.75 Å². The van der Waals surface area contributed by atoms with Gasteiger partial charge in [-0.1, -0.05) is 13.0 Å². The Morgan fingerprint density at radius 3 is 2.85 bits per heavy atom. The molecule has 110 valence electrons. The van der Waals surface area contributed by atoms with E-state index in [-0.39, 0.29) is 0 Å². The van der Waals surface area contributed by atoms with E-state index in [0.29, 0.717) is 11.5 Å². The first-order valence-electron chi connectivity index (χ1n) is 7.75. The van der Waals surface area contributed by atoms with Crippen molar-refractivity contribution in [2.24, 2.45) is 5.41 Å². The fourth-order valence-electron chi connectivity index (χ4n) is 3.24. The van der Waals surface area contributed by atoms with Crippen LogP contribution in [0, 0.1) is 5.41 Å². The highest BCUT2D eigenvalue weighted by Crippen LogP contribution is 2.32. The second kappa shape index (κ2) is 5.38. The lowest BCUT2D eigenvalue weighted by atomic mass is 9.91. The lowest BCUT2D eigenvalue weighted by molar-refractivity contribution is 0.154. The summed E-state index contributed by atoms with van der Waals surface area (Å²) in [6.07, 6.45) is 1.23. The van der Waals surface area contributed by atoms with E-state index in [1.807, 2.05) is 0 Å². The van der Waals surface area contributed by atoms with E-state index in [1.54, 1.807) is 0 Å². The highest BCUT2D eigenvalue weighted by molar-refractivity contribution is 5.37. The molecule has 2 aliphatic rings. The summed E-state index contributed by atoms with van der Waals surface area (Å²) < 4.78 is 6.09. The molecule has 0 amide bonds. The summed E-state index contributed by atoms with van der Waals surface area (Å²) in [6, 6.07) is 7.16. The first-order valence-corrected chi connectivity index (χ1v) is 7.75. The van der Waals surface area contributed by atoms with E-state index < -0.39 is 0 Å². The molecule has 0 aromatic heterocycles. The molecule has 0 aliphatic carbocycles. The fraction of sp³-hybridized carbons (Fsp3) is 0.647. The van der Waals surface area contributed by atoms with Crippen LogP contribution >= 0.6 is 0 Å². The molecule has 1 aromatic carbocycles. The average molecular weight is 274 g/mol. The van der Waals surface area contributed by atoms with Crippen LogP contribution in [-0.4, -0.2) is 30.6 Å². The van der Waals surface area contributed by atoms with E-state index >= 15 is 0 Å². The maximum absolute atomic E-state index is 6.09. The predicted octanol–water partition coefficient (Wildman–Crippen LogP) is 2.79. The molecule has 0 bridgehead atoms. The maximum Gasteiger partial charge on any atom is 0.119 e. The van der Waals surface area contributed by atoms with Gasteiger partial charge in [0.2, 0.25) is 0 Å². The third-order valence-corrected chi connectivity index (χ3v) is 4.71. The van der Waals surface area contributed by atoms with Crippen molar-refractivity contribution in [2.45, 2.75) is 46.3 Å². The van der Waals surface area contributed by atoms with Gasteiger partial charge in [0.05, 0.1) is 6.61 Å². The number of likely N-dealkylation sites (tertiary alicyclic amines) is 1. The van der Waals surface area contributed by atoms with Crippen LogP contribution in [0.3, 0.4) is 0 Å². The zero-order chi connectivity index (χ0) is 14.2. The molecule has 3 heteroatoms. The summed E-state index contributed by atoms with van der Waals surface area (Å²) in [6.45, 7) is 12.1. The highest BCUT2D eigenvalue weighted by atomic mass is 16.5. The average Bonchev–Trinajstić information content (AvgIpc) is 3.03. The summed E-state index contributed by atoms with van der Waals surface area (Å²) in [7, 11) is 0. The van der Waals surface area contributed by atoms with Gasteiger partial charge in [0, 0.05) is 31.1 Å². The van der Waals surface area contributed by atoms with Gasteiger partial charge in [-0.3, -0.25) is 0 Å². The van der Waals surface area contributed by atoms with E-state index in [4.69, 9.17) is 4.74 Å². The van der Waals surface area contributed by atoms with Crippen LogP contribution in [0.15, 0.2) is 18.2 Å². The van der Waals surface area contributed by atoms with Gasteiger partial charge in [0.25, 0.3) is 0 Å². The number of nitrogens with one attached hydrogen (secondary N) is 1. The lowest BCUT2D eigenvalue weighted by Crippen LogP contribution is -2.33. The molecule has 20 heavy (non-hydrogen) atoms. The van der Waals surface area contributed by atoms with Crippen molar-refractivity contribution in [3.05, 3.63) is 29.3 Å². The topological polar surface area (TPSA) is 24.5 Å². The number of rotatable bonds is 4. The van der Waals surface area contributed by atoms with Gasteiger partial charge in [-0.15, -0.1) is 0 Å². The monoisotopic (exact) mass is 274 g/mol. The summed E-state index contributed by atoms with van der Waals surface area (Å²) in [5.74, 6) is 1.02. The largest absolute Gasteiger partial charge is 0.493 e. The number of benzene rings is 1. The van der Waals surface area contributed by atoms with Crippen LogP contribution in [-0.2, 0) is 13.1 Å². The molecule has 1 aromatic rings. The van der Waals surface area contributed by atoms with E-state index in [0.717, 1.165) is 32.0 Å². The molecule has 1 unspecified atom stereocenters. The van der Waals surface area contributed by atoms with E-state index in [2.05, 4.69) is 49.2 Å². The van der Waals surface area contributed by atoms with Gasteiger partial charge in [-0.05, 0) is 50.1 Å². The molecule has 2 heterocycles. The minimum absolute atomic E-state index is 0.293. The van der Waals surface area contributed by atoms with Crippen LogP contribution in [0.5, 0.6) is 5.75 Å². The molecule has 3 rings (SSSR count). The molecule has 1 saturated heterocycles. The second-order valence-electron chi connectivity index (χ2n) is 6.95. The van der Waals surface area contributed by atoms with Gasteiger partial charge < -0.3 is 15.0 Å². The Morgan fingerprint density at radius 1 is 1.30 bits per heavy atom. The van der Waals surface area contributed by atoms with Crippen molar-refractivity contribution < 1.29 is 4.74 Å². The second-order valence-corrected chi connectivity index (χ2v) is 6.95. The molecule has 3 nitrogen and oxygen atoms in total. The quantitative estimate of drug-likeness (QED) is 0.913. The zero-order valence-corrected chi connectivity index (χ0v) is 12.9. The number of nitrogens with zero attached hydrogens (tertiary/aromatic N) is 1. The van der Waals surface area contributed by atoms with E-state index in [9.17, 15) is 0 Å². The van der Waals surface area contributed by atoms with Crippen molar-refractivity contribution >= 4 is 0 Å². The molecule has 0 spiro atoms. The normalized spacial score (nSPS) is 26.2. The summed E-state index contributed by atoms with van der Waals surface area (Å²) in [4.78, 5) is 2.55. The van der Waals surface area contributed by atoms with Crippen LogP contribution < -0.4 is 10.1 Å². The summed E-state index contributed by atoms with van der Waals surface area (Å²) in [5.41, 5.74) is 3.10. The van der Waals surface area contributed by atoms with Crippen LogP contribution in [0.1, 0.15) is 38.3 Å². The molecule has 1 atom stereocenters. The molecule has 0 radical (unpaired) electrons. The van der Waals surface area contributed by atoms with Gasteiger partial charge >= 0.3 is 0 Å². The Labute approximate surface area is 122 Å². The van der Waals surface area contributed by atoms with Gasteiger partial charge in [-0.2, -0.15) is 0 Å². The van der Waals surface area contributed by atoms with Gasteiger partial charge in [-0.25, -0.2) is 0 Å². The summed E-state index contributed by atoms with van der Waals surface area (Å²) in [5, 5.41) is 3.38. The predicted molar refractivity (Wildman–Crippen MR) is 81.9 cm³/mol. The zero-order valence-electron chi connectivity index (χ0n) is 12.9. The van der Waals surface area contributed by atoms with Crippen molar-refractivity contribution in [1.82, 2.24) is 10.2 Å². The Hall–Kier alpha value is -1.06. The Kier molecular flexibility index (Phi) is 3.74. The van der Waals surface area contributed by atoms with Gasteiger partial charge in [0.15, 0.2) is 0 Å². The number of hydrogen-bond acceptors (Lipinski definition) is 3. The van der Waals surface area contributed by atoms with Crippen LogP contribution in [0.25, 0.3) is 0 Å². The SMILES string of the molecule is CC(C)N1CCC(C)(COc2ccc3c(c2)CNC3)C1. The fourth-order valence-corrected chi connectivity index (χ4v) is 3.24. The molecule has 1 N–H and O–H groups in total. The molecular weight excluding hydrogens is 248 g/mol. The van der Waals surface area contributed by atoms with E-state index in [1.165, 1.54) is 24.1 Å². The molecule has 1 fully saturated rings. The maximum atomic E-state index is 6.09. The Balaban J connectivity index is 1.59. The third-order valence-electron chi connectivity index (χ3n) is 4.71. The smallest absolute Gasteiger partial charge is 0.119 e. The minimum Gasteiger partial charge on any atom is -0.493 e. The Morgan fingerprint density at radius 2 is 2.10 bits per heavy atom. The highest BCUT2D eigenvalue weighted by Gasteiger charge is 2.35. The first kappa shape index (κ1) is 13.9. The Bertz CT molecular complexity index is 486. The van der Waals surface area contributed by atoms with Crippen molar-refractivity contribution in [3.63, 3.8) is 0 Å². The number of ether oxygens (including phenoxy) is 1. The van der Waals surface area contributed by atoms with Crippen LogP contribution in [0.4, 0.5) is 0 Å². The third kappa shape index (κ3) is 2.84. The molecular formula is C17H26N2O. The lowest BCUT2D eigenvalue weighted by Gasteiger charge is -2.26. The number of fused-ring (bicyclic) bond motifs is 1. The summed E-state index contributed by atoms with van der Waals surface area (Å²) >= 11 is 0. The van der Waals surface area contributed by atoms with Crippen molar-refractivity contribution in [2.75, 3.05) is 19.7 Å².